The van der Waals surface area contributed by atoms with Crippen LogP contribution in [0.5, 0.6) is 0 Å². The number of piperidine rings is 1. The molecule has 0 unspecified atom stereocenters. The maximum atomic E-state index is 13.2. The first-order valence-electron chi connectivity index (χ1n) is 9.01. The van der Waals surface area contributed by atoms with Crippen LogP contribution in [0.15, 0.2) is 23.1 Å². The van der Waals surface area contributed by atoms with Crippen molar-refractivity contribution < 1.29 is 27.2 Å². The van der Waals surface area contributed by atoms with E-state index < -0.39 is 21.9 Å². The van der Waals surface area contributed by atoms with Crippen LogP contribution in [-0.4, -0.2) is 68.3 Å². The quantitative estimate of drug-likeness (QED) is 0.624. The first kappa shape index (κ1) is 21.5. The molecule has 0 spiro atoms. The van der Waals surface area contributed by atoms with E-state index in [1.807, 2.05) is 0 Å². The predicted octanol–water partition coefficient (Wildman–Crippen LogP) is 0.690. The highest BCUT2D eigenvalue weighted by Crippen LogP contribution is 2.20. The van der Waals surface area contributed by atoms with Gasteiger partial charge in [0.15, 0.2) is 0 Å². The predicted molar refractivity (Wildman–Crippen MR) is 101 cm³/mol. The van der Waals surface area contributed by atoms with E-state index in [1.165, 1.54) is 4.90 Å². The molecule has 0 aliphatic carbocycles. The number of hydrogen-bond acceptors (Lipinski definition) is 5. The number of likely N-dealkylation sites (tertiary alicyclic amines) is 1. The van der Waals surface area contributed by atoms with Crippen molar-refractivity contribution in [3.63, 3.8) is 0 Å². The van der Waals surface area contributed by atoms with Gasteiger partial charge < -0.3 is 10.2 Å². The Morgan fingerprint density at radius 2 is 1.97 bits per heavy atom. The van der Waals surface area contributed by atoms with Crippen molar-refractivity contribution in [3.05, 3.63) is 29.0 Å². The van der Waals surface area contributed by atoms with Gasteiger partial charge in [-0.2, -0.15) is 0 Å². The summed E-state index contributed by atoms with van der Waals surface area (Å²) >= 11 is 5.61. The molecule has 2 heterocycles. The highest BCUT2D eigenvalue weighted by molar-refractivity contribution is 7.89. The van der Waals surface area contributed by atoms with E-state index >= 15 is 0 Å². The molecule has 0 aromatic heterocycles. The number of nitrogens with zero attached hydrogens (tertiary/aromatic N) is 2. The number of carbonyl (C=O) groups is 3. The van der Waals surface area contributed by atoms with Gasteiger partial charge in [0.2, 0.25) is 21.8 Å². The van der Waals surface area contributed by atoms with E-state index in [4.69, 9.17) is 11.6 Å². The van der Waals surface area contributed by atoms with Gasteiger partial charge in [0.05, 0.1) is 16.5 Å². The Morgan fingerprint density at radius 1 is 1.28 bits per heavy atom. The first-order valence-corrected chi connectivity index (χ1v) is 10.9. The SMILES string of the molecule is O=C(CCNS(=O)(=O)c1ccc(F)c(Cl)c1)N1CCC(N2C(=O)CNC2=O)CC1. The fraction of sp³-hybridized carbons (Fsp3) is 0.471. The van der Waals surface area contributed by atoms with E-state index in [2.05, 4.69) is 10.0 Å². The van der Waals surface area contributed by atoms with Crippen molar-refractivity contribution in [3.8, 4) is 0 Å². The van der Waals surface area contributed by atoms with Gasteiger partial charge in [-0.1, -0.05) is 11.6 Å². The summed E-state index contributed by atoms with van der Waals surface area (Å²) < 4.78 is 39.9. The number of carbonyl (C=O) groups excluding carboxylic acids is 3. The van der Waals surface area contributed by atoms with E-state index in [0.717, 1.165) is 18.2 Å². The largest absolute Gasteiger partial charge is 0.343 e. The minimum Gasteiger partial charge on any atom is -0.343 e. The van der Waals surface area contributed by atoms with E-state index in [0.29, 0.717) is 25.9 Å². The molecule has 2 fully saturated rings. The molecule has 12 heteroatoms. The van der Waals surface area contributed by atoms with Crippen LogP contribution >= 0.6 is 11.6 Å². The number of rotatable bonds is 6. The number of halogens is 2. The van der Waals surface area contributed by atoms with Crippen LogP contribution in [0.25, 0.3) is 0 Å². The van der Waals surface area contributed by atoms with Crippen LogP contribution in [0.2, 0.25) is 5.02 Å². The molecular weight excluding hydrogens is 427 g/mol. The summed E-state index contributed by atoms with van der Waals surface area (Å²) in [5.74, 6) is -1.23. The number of hydrogen-bond donors (Lipinski definition) is 2. The highest BCUT2D eigenvalue weighted by atomic mass is 35.5. The van der Waals surface area contributed by atoms with Gasteiger partial charge >= 0.3 is 6.03 Å². The zero-order valence-corrected chi connectivity index (χ0v) is 16.9. The average molecular weight is 447 g/mol. The summed E-state index contributed by atoms with van der Waals surface area (Å²) in [4.78, 5) is 38.4. The molecule has 1 aromatic carbocycles. The highest BCUT2D eigenvalue weighted by Gasteiger charge is 2.37. The van der Waals surface area contributed by atoms with Crippen molar-refractivity contribution in [2.24, 2.45) is 0 Å². The zero-order valence-electron chi connectivity index (χ0n) is 15.4. The van der Waals surface area contributed by atoms with Crippen molar-refractivity contribution in [1.82, 2.24) is 19.8 Å². The standard InChI is InChI=1S/C17H20ClFN4O5S/c18-13-9-12(1-2-14(13)19)29(27,28)21-6-3-15(24)22-7-4-11(5-8-22)23-16(25)10-20-17(23)26/h1-2,9,11,21H,3-8,10H2,(H,20,26). The Kier molecular flexibility index (Phi) is 6.39. The number of urea groups is 1. The minimum absolute atomic E-state index is 0.00259. The molecule has 2 N–H and O–H groups in total. The number of amides is 4. The molecule has 0 radical (unpaired) electrons. The first-order chi connectivity index (χ1) is 13.7. The van der Waals surface area contributed by atoms with Gasteiger partial charge in [0, 0.05) is 32.1 Å². The summed E-state index contributed by atoms with van der Waals surface area (Å²) in [6, 6.07) is 2.40. The summed E-state index contributed by atoms with van der Waals surface area (Å²) in [5, 5.41) is 2.17. The van der Waals surface area contributed by atoms with Crippen molar-refractivity contribution in [1.29, 1.82) is 0 Å². The molecule has 0 saturated carbocycles. The van der Waals surface area contributed by atoms with Crippen LogP contribution in [0, 0.1) is 5.82 Å². The van der Waals surface area contributed by atoms with E-state index in [1.54, 1.807) is 4.90 Å². The lowest BCUT2D eigenvalue weighted by molar-refractivity contribution is -0.133. The van der Waals surface area contributed by atoms with Gasteiger partial charge in [0.25, 0.3) is 0 Å². The van der Waals surface area contributed by atoms with Crippen LogP contribution < -0.4 is 10.0 Å². The molecule has 4 amide bonds. The smallest absolute Gasteiger partial charge is 0.324 e. The molecular formula is C17H20ClFN4O5S. The molecule has 0 atom stereocenters. The molecule has 9 nitrogen and oxygen atoms in total. The maximum absolute atomic E-state index is 13.2. The van der Waals surface area contributed by atoms with Crippen LogP contribution in [0.3, 0.4) is 0 Å². The fourth-order valence-electron chi connectivity index (χ4n) is 3.36. The molecule has 2 aliphatic heterocycles. The molecule has 158 valence electrons. The number of nitrogens with one attached hydrogen (secondary N) is 2. The Bertz CT molecular complexity index is 918. The summed E-state index contributed by atoms with van der Waals surface area (Å²) in [5.41, 5.74) is 0. The Morgan fingerprint density at radius 3 is 2.55 bits per heavy atom. The molecule has 29 heavy (non-hydrogen) atoms. The minimum atomic E-state index is -3.92. The molecule has 3 rings (SSSR count). The number of benzene rings is 1. The Hall–Kier alpha value is -2.24. The van der Waals surface area contributed by atoms with Gasteiger partial charge in [-0.25, -0.2) is 22.3 Å². The topological polar surface area (TPSA) is 116 Å². The van der Waals surface area contributed by atoms with E-state index in [-0.39, 0.29) is 47.3 Å². The van der Waals surface area contributed by atoms with Crippen LogP contribution in [0.4, 0.5) is 9.18 Å². The molecule has 0 bridgehead atoms. The summed E-state index contributed by atoms with van der Waals surface area (Å²) in [6.07, 6.45) is 0.900. The second-order valence-corrected chi connectivity index (χ2v) is 8.93. The summed E-state index contributed by atoms with van der Waals surface area (Å²) in [7, 11) is -3.92. The molecule has 2 saturated heterocycles. The second kappa shape index (κ2) is 8.64. The molecule has 2 aliphatic rings. The fourth-order valence-corrected chi connectivity index (χ4v) is 4.66. The van der Waals surface area contributed by atoms with Gasteiger partial charge in [-0.15, -0.1) is 0 Å². The summed E-state index contributed by atoms with van der Waals surface area (Å²) in [6.45, 7) is 0.627. The second-order valence-electron chi connectivity index (χ2n) is 6.76. The van der Waals surface area contributed by atoms with Crippen molar-refractivity contribution >= 4 is 39.5 Å². The zero-order chi connectivity index (χ0) is 21.2. The Balaban J connectivity index is 1.47. The van der Waals surface area contributed by atoms with Crippen LogP contribution in [-0.2, 0) is 19.6 Å². The van der Waals surface area contributed by atoms with Gasteiger partial charge in [0.1, 0.15) is 5.82 Å². The van der Waals surface area contributed by atoms with Crippen molar-refractivity contribution in [2.75, 3.05) is 26.2 Å². The van der Waals surface area contributed by atoms with Gasteiger partial charge in [-0.05, 0) is 31.0 Å². The Labute approximate surface area is 172 Å². The lowest BCUT2D eigenvalue weighted by atomic mass is 10.0. The average Bonchev–Trinajstić information content (AvgIpc) is 3.02. The third-order valence-electron chi connectivity index (χ3n) is 4.89. The number of sulfonamides is 1. The molecule has 1 aromatic rings. The lowest BCUT2D eigenvalue weighted by Gasteiger charge is -2.35. The van der Waals surface area contributed by atoms with Crippen LogP contribution in [0.1, 0.15) is 19.3 Å². The normalized spacial score (nSPS) is 18.3. The van der Waals surface area contributed by atoms with Crippen molar-refractivity contribution in [2.45, 2.75) is 30.2 Å². The number of imide groups is 1. The lowest BCUT2D eigenvalue weighted by Crippen LogP contribution is -2.49. The monoisotopic (exact) mass is 446 g/mol. The van der Waals surface area contributed by atoms with Gasteiger partial charge in [-0.3, -0.25) is 14.5 Å². The van der Waals surface area contributed by atoms with E-state index in [9.17, 15) is 27.2 Å². The maximum Gasteiger partial charge on any atom is 0.324 e. The third kappa shape index (κ3) is 4.85. The third-order valence-corrected chi connectivity index (χ3v) is 6.64.